The van der Waals surface area contributed by atoms with Crippen molar-refractivity contribution in [3.05, 3.63) is 29.3 Å². The largest absolute Gasteiger partial charge is 0.392 e. The molecule has 19 heavy (non-hydrogen) atoms. The first-order chi connectivity index (χ1) is 8.92. The summed E-state index contributed by atoms with van der Waals surface area (Å²) in [5.41, 5.74) is 1.54. The number of nitrogens with zero attached hydrogens (tertiary/aromatic N) is 1. The molecule has 1 aliphatic rings. The highest BCUT2D eigenvalue weighted by atomic mass is 32.2. The van der Waals surface area contributed by atoms with Crippen LogP contribution in [0.25, 0.3) is 0 Å². The number of nitrogens with one attached hydrogen (secondary N) is 1. The lowest BCUT2D eigenvalue weighted by molar-refractivity contribution is 0.280. The molecule has 1 aliphatic heterocycles. The van der Waals surface area contributed by atoms with E-state index in [-0.39, 0.29) is 17.5 Å². The molecular formula is C13H20N2O3S. The van der Waals surface area contributed by atoms with Crippen LogP contribution in [0, 0.1) is 6.92 Å². The molecule has 0 bridgehead atoms. The van der Waals surface area contributed by atoms with Crippen molar-refractivity contribution in [3.8, 4) is 0 Å². The molecule has 0 aromatic heterocycles. The van der Waals surface area contributed by atoms with Crippen molar-refractivity contribution >= 4 is 10.0 Å². The maximum atomic E-state index is 12.3. The Morgan fingerprint density at radius 3 is 2.79 bits per heavy atom. The van der Waals surface area contributed by atoms with Gasteiger partial charge in [-0.05, 0) is 50.2 Å². The smallest absolute Gasteiger partial charge is 0.240 e. The van der Waals surface area contributed by atoms with Crippen molar-refractivity contribution in [1.82, 2.24) is 9.62 Å². The van der Waals surface area contributed by atoms with Gasteiger partial charge in [0.15, 0.2) is 0 Å². The number of likely N-dealkylation sites (N-methyl/N-ethyl adjacent to an activating group) is 1. The minimum absolute atomic E-state index is 0.0334. The molecular weight excluding hydrogens is 264 g/mol. The number of sulfonamides is 1. The van der Waals surface area contributed by atoms with Crippen LogP contribution < -0.4 is 4.72 Å². The Labute approximate surface area is 114 Å². The number of hydrogen-bond acceptors (Lipinski definition) is 4. The van der Waals surface area contributed by atoms with E-state index in [9.17, 15) is 13.5 Å². The van der Waals surface area contributed by atoms with E-state index in [0.717, 1.165) is 25.1 Å². The monoisotopic (exact) mass is 284 g/mol. The predicted molar refractivity (Wildman–Crippen MR) is 73.3 cm³/mol. The number of hydrogen-bond donors (Lipinski definition) is 2. The van der Waals surface area contributed by atoms with Crippen molar-refractivity contribution in [2.45, 2.75) is 30.9 Å². The average Bonchev–Trinajstić information content (AvgIpc) is 2.74. The van der Waals surface area contributed by atoms with Gasteiger partial charge < -0.3 is 10.0 Å². The van der Waals surface area contributed by atoms with Gasteiger partial charge in [0, 0.05) is 12.6 Å². The Morgan fingerprint density at radius 1 is 1.47 bits per heavy atom. The number of rotatable bonds is 4. The molecule has 1 aromatic rings. The second-order valence-electron chi connectivity index (χ2n) is 5.12. The summed E-state index contributed by atoms with van der Waals surface area (Å²) in [5, 5.41) is 9.21. The van der Waals surface area contributed by atoms with E-state index in [0.29, 0.717) is 5.56 Å². The van der Waals surface area contributed by atoms with Crippen molar-refractivity contribution in [2.75, 3.05) is 20.1 Å². The van der Waals surface area contributed by atoms with Gasteiger partial charge in [0.05, 0.1) is 11.5 Å². The van der Waals surface area contributed by atoms with Crippen molar-refractivity contribution in [2.24, 2.45) is 0 Å². The fourth-order valence-corrected chi connectivity index (χ4v) is 3.62. The summed E-state index contributed by atoms with van der Waals surface area (Å²) in [6.45, 7) is 3.34. The summed E-state index contributed by atoms with van der Waals surface area (Å²) >= 11 is 0. The average molecular weight is 284 g/mol. The molecule has 1 unspecified atom stereocenters. The minimum atomic E-state index is -3.50. The van der Waals surface area contributed by atoms with Crippen LogP contribution in [-0.4, -0.2) is 44.6 Å². The number of likely N-dealkylation sites (tertiary alicyclic amines) is 1. The molecule has 106 valence electrons. The summed E-state index contributed by atoms with van der Waals surface area (Å²) in [5.74, 6) is 0. The summed E-state index contributed by atoms with van der Waals surface area (Å²) in [4.78, 5) is 2.32. The lowest BCUT2D eigenvalue weighted by atomic mass is 10.1. The van der Waals surface area contributed by atoms with E-state index in [4.69, 9.17) is 0 Å². The third-order valence-corrected chi connectivity index (χ3v) is 5.03. The number of aliphatic hydroxyl groups is 1. The fraction of sp³-hybridized carbons (Fsp3) is 0.538. The number of benzene rings is 1. The number of aliphatic hydroxyl groups excluding tert-OH is 1. The molecule has 0 saturated carbocycles. The Kier molecular flexibility index (Phi) is 4.25. The lowest BCUT2D eigenvalue weighted by Crippen LogP contribution is -2.36. The first-order valence-electron chi connectivity index (χ1n) is 6.33. The molecule has 2 N–H and O–H groups in total. The molecule has 0 aliphatic carbocycles. The van der Waals surface area contributed by atoms with Crippen LogP contribution in [0.1, 0.15) is 17.5 Å². The molecule has 1 heterocycles. The van der Waals surface area contributed by atoms with Gasteiger partial charge >= 0.3 is 0 Å². The molecule has 1 aromatic carbocycles. The van der Waals surface area contributed by atoms with Gasteiger partial charge in [0.1, 0.15) is 0 Å². The van der Waals surface area contributed by atoms with E-state index < -0.39 is 10.0 Å². The van der Waals surface area contributed by atoms with Crippen LogP contribution in [0.15, 0.2) is 23.1 Å². The zero-order chi connectivity index (χ0) is 14.0. The molecule has 5 nitrogen and oxygen atoms in total. The zero-order valence-electron chi connectivity index (χ0n) is 11.3. The second kappa shape index (κ2) is 5.58. The standard InChI is InChI=1S/C13H20N2O3S/c1-10-3-4-13(7-11(10)9-16)19(17,18)14-12-5-6-15(2)8-12/h3-4,7,12,14,16H,5-6,8-9H2,1-2H3. The van der Waals surface area contributed by atoms with Crippen LogP contribution in [0.3, 0.4) is 0 Å². The van der Waals surface area contributed by atoms with Gasteiger partial charge in [-0.2, -0.15) is 0 Å². The van der Waals surface area contributed by atoms with Gasteiger partial charge in [-0.3, -0.25) is 0 Å². The highest BCUT2D eigenvalue weighted by Gasteiger charge is 2.25. The van der Waals surface area contributed by atoms with Gasteiger partial charge in [0.2, 0.25) is 10.0 Å². The second-order valence-corrected chi connectivity index (χ2v) is 6.83. The van der Waals surface area contributed by atoms with Crippen LogP contribution in [-0.2, 0) is 16.6 Å². The summed E-state index contributed by atoms with van der Waals surface area (Å²) in [6.07, 6.45) is 0.828. The third-order valence-electron chi connectivity index (χ3n) is 3.51. The van der Waals surface area contributed by atoms with E-state index in [2.05, 4.69) is 9.62 Å². The Bertz CT molecular complexity index is 557. The van der Waals surface area contributed by atoms with E-state index in [1.807, 2.05) is 14.0 Å². The third kappa shape index (κ3) is 3.33. The Hall–Kier alpha value is -0.950. The molecule has 0 radical (unpaired) electrons. The fourth-order valence-electron chi connectivity index (χ4n) is 2.30. The summed E-state index contributed by atoms with van der Waals surface area (Å²) < 4.78 is 27.2. The van der Waals surface area contributed by atoms with Crippen LogP contribution >= 0.6 is 0 Å². The van der Waals surface area contributed by atoms with Gasteiger partial charge in [-0.1, -0.05) is 6.07 Å². The molecule has 6 heteroatoms. The molecule has 1 saturated heterocycles. The highest BCUT2D eigenvalue weighted by Crippen LogP contribution is 2.17. The molecule has 0 spiro atoms. The Balaban J connectivity index is 2.19. The topological polar surface area (TPSA) is 69.6 Å². The number of aryl methyl sites for hydroxylation is 1. The lowest BCUT2D eigenvalue weighted by Gasteiger charge is -2.14. The summed E-state index contributed by atoms with van der Waals surface area (Å²) in [6, 6.07) is 4.81. The van der Waals surface area contributed by atoms with Crippen LogP contribution in [0.4, 0.5) is 0 Å². The normalized spacial score (nSPS) is 20.9. The summed E-state index contributed by atoms with van der Waals surface area (Å²) in [7, 11) is -1.53. The van der Waals surface area contributed by atoms with Crippen molar-refractivity contribution in [1.29, 1.82) is 0 Å². The van der Waals surface area contributed by atoms with E-state index in [1.54, 1.807) is 12.1 Å². The molecule has 2 rings (SSSR count). The molecule has 1 atom stereocenters. The van der Waals surface area contributed by atoms with Crippen molar-refractivity contribution < 1.29 is 13.5 Å². The Morgan fingerprint density at radius 2 is 2.21 bits per heavy atom. The first kappa shape index (κ1) is 14.5. The van der Waals surface area contributed by atoms with Crippen LogP contribution in [0.5, 0.6) is 0 Å². The SMILES string of the molecule is Cc1ccc(S(=O)(=O)NC2CCN(C)C2)cc1CO. The maximum Gasteiger partial charge on any atom is 0.240 e. The minimum Gasteiger partial charge on any atom is -0.392 e. The predicted octanol–water partition coefficient (Wildman–Crippen LogP) is 0.470. The quantitative estimate of drug-likeness (QED) is 0.843. The van der Waals surface area contributed by atoms with Crippen molar-refractivity contribution in [3.63, 3.8) is 0 Å². The maximum absolute atomic E-state index is 12.3. The first-order valence-corrected chi connectivity index (χ1v) is 7.82. The van der Waals surface area contributed by atoms with E-state index in [1.165, 1.54) is 6.07 Å². The van der Waals surface area contributed by atoms with Gasteiger partial charge in [-0.25, -0.2) is 13.1 Å². The van der Waals surface area contributed by atoms with Gasteiger partial charge in [-0.15, -0.1) is 0 Å². The van der Waals surface area contributed by atoms with E-state index >= 15 is 0 Å². The van der Waals surface area contributed by atoms with Crippen LogP contribution in [0.2, 0.25) is 0 Å². The molecule has 1 fully saturated rings. The van der Waals surface area contributed by atoms with Gasteiger partial charge in [0.25, 0.3) is 0 Å². The molecule has 0 amide bonds. The highest BCUT2D eigenvalue weighted by molar-refractivity contribution is 7.89. The zero-order valence-corrected chi connectivity index (χ0v) is 12.1.